The number of aryl methyl sites for hydroxylation is 1. The molecule has 5 heteroatoms. The monoisotopic (exact) mass is 258 g/mol. The van der Waals surface area contributed by atoms with Crippen molar-refractivity contribution in [3.63, 3.8) is 0 Å². The van der Waals surface area contributed by atoms with Gasteiger partial charge in [-0.1, -0.05) is 11.6 Å². The van der Waals surface area contributed by atoms with Gasteiger partial charge in [0.1, 0.15) is 11.7 Å². The summed E-state index contributed by atoms with van der Waals surface area (Å²) in [6, 6.07) is 3.33. The van der Waals surface area contributed by atoms with Crippen LogP contribution in [0.3, 0.4) is 0 Å². The number of halogens is 1. The molecule has 0 saturated heterocycles. The minimum absolute atomic E-state index is 0.0749. The number of carboxylic acid groups (broad SMARTS) is 1. The highest BCUT2D eigenvalue weighted by atomic mass is 35.5. The smallest absolute Gasteiger partial charge is 0.313 e. The third-order valence-electron chi connectivity index (χ3n) is 2.48. The Morgan fingerprint density at radius 2 is 2.12 bits per heavy atom. The fraction of sp³-hybridized carbons (Fsp3) is 0.417. The van der Waals surface area contributed by atoms with Crippen molar-refractivity contribution in [2.24, 2.45) is 0 Å². The molecule has 0 radical (unpaired) electrons. The summed E-state index contributed by atoms with van der Waals surface area (Å²) in [5.74, 6) is -1.21. The van der Waals surface area contributed by atoms with E-state index in [1.54, 1.807) is 12.1 Å². The molecule has 4 nitrogen and oxygen atoms in total. The van der Waals surface area contributed by atoms with Crippen LogP contribution in [0.1, 0.15) is 17.0 Å². The predicted octanol–water partition coefficient (Wildman–Crippen LogP) is 2.47. The summed E-state index contributed by atoms with van der Waals surface area (Å²) in [7, 11) is 2.96. The van der Waals surface area contributed by atoms with E-state index in [0.29, 0.717) is 16.3 Å². The van der Waals surface area contributed by atoms with E-state index in [1.807, 2.05) is 6.92 Å². The topological polar surface area (TPSA) is 55.8 Å². The van der Waals surface area contributed by atoms with Gasteiger partial charge in [0.05, 0.1) is 13.7 Å². The molecule has 0 spiro atoms. The molecular formula is C12H15ClO4. The summed E-state index contributed by atoms with van der Waals surface area (Å²) < 4.78 is 10.2. The van der Waals surface area contributed by atoms with Gasteiger partial charge in [0.2, 0.25) is 0 Å². The van der Waals surface area contributed by atoms with E-state index in [-0.39, 0.29) is 6.61 Å². The fourth-order valence-corrected chi connectivity index (χ4v) is 2.04. The van der Waals surface area contributed by atoms with E-state index in [4.69, 9.17) is 21.1 Å². The Kier molecular flexibility index (Phi) is 4.78. The molecule has 0 fully saturated rings. The van der Waals surface area contributed by atoms with Gasteiger partial charge in [0.15, 0.2) is 0 Å². The zero-order valence-electron chi connectivity index (χ0n) is 9.99. The maximum atomic E-state index is 11.2. The standard InChI is InChI=1S/C12H15ClO4/c1-7-4-8(13)5-9(11(7)17-3)10(6-16-2)12(14)15/h4-5,10H,6H2,1-3H3,(H,14,15). The molecule has 0 bridgehead atoms. The van der Waals surface area contributed by atoms with E-state index < -0.39 is 11.9 Å². The number of aliphatic carboxylic acids is 1. The highest BCUT2D eigenvalue weighted by Gasteiger charge is 2.24. The van der Waals surface area contributed by atoms with E-state index >= 15 is 0 Å². The lowest BCUT2D eigenvalue weighted by molar-refractivity contribution is -0.140. The highest BCUT2D eigenvalue weighted by molar-refractivity contribution is 6.30. The van der Waals surface area contributed by atoms with Crippen molar-refractivity contribution < 1.29 is 19.4 Å². The van der Waals surface area contributed by atoms with E-state index in [1.165, 1.54) is 14.2 Å². The lowest BCUT2D eigenvalue weighted by Gasteiger charge is -2.17. The first-order chi connectivity index (χ1) is 8.01. The number of hydrogen-bond donors (Lipinski definition) is 1. The SMILES string of the molecule is COCC(C(=O)O)c1cc(Cl)cc(C)c1OC. The average molecular weight is 259 g/mol. The van der Waals surface area contributed by atoms with Crippen molar-refractivity contribution in [3.05, 3.63) is 28.3 Å². The number of carboxylic acids is 1. The van der Waals surface area contributed by atoms with Crippen LogP contribution in [-0.4, -0.2) is 31.9 Å². The van der Waals surface area contributed by atoms with Crippen molar-refractivity contribution in [2.75, 3.05) is 20.8 Å². The van der Waals surface area contributed by atoms with Gasteiger partial charge >= 0.3 is 5.97 Å². The number of benzene rings is 1. The Morgan fingerprint density at radius 1 is 1.47 bits per heavy atom. The molecule has 1 aromatic carbocycles. The predicted molar refractivity (Wildman–Crippen MR) is 65.0 cm³/mol. The van der Waals surface area contributed by atoms with Gasteiger partial charge in [-0.05, 0) is 24.6 Å². The Balaban J connectivity index is 3.30. The van der Waals surface area contributed by atoms with Gasteiger partial charge in [-0.3, -0.25) is 4.79 Å². The largest absolute Gasteiger partial charge is 0.496 e. The van der Waals surface area contributed by atoms with Crippen LogP contribution in [-0.2, 0) is 9.53 Å². The molecule has 1 aromatic rings. The molecule has 0 amide bonds. The molecule has 1 rings (SSSR count). The van der Waals surface area contributed by atoms with Crippen LogP contribution in [0, 0.1) is 6.92 Å². The second-order valence-corrected chi connectivity index (χ2v) is 4.13. The number of hydrogen-bond acceptors (Lipinski definition) is 3. The lowest BCUT2D eigenvalue weighted by atomic mass is 9.97. The molecule has 1 unspecified atom stereocenters. The normalized spacial score (nSPS) is 12.2. The molecule has 17 heavy (non-hydrogen) atoms. The van der Waals surface area contributed by atoms with Crippen molar-refractivity contribution in [1.82, 2.24) is 0 Å². The minimum atomic E-state index is -0.966. The van der Waals surface area contributed by atoms with Crippen LogP contribution >= 0.6 is 11.6 Å². The molecule has 0 aliphatic rings. The molecular weight excluding hydrogens is 244 g/mol. The number of ether oxygens (including phenoxy) is 2. The molecule has 0 aliphatic carbocycles. The summed E-state index contributed by atoms with van der Waals surface area (Å²) in [4.78, 5) is 11.2. The Morgan fingerprint density at radius 3 is 2.59 bits per heavy atom. The molecule has 1 atom stereocenters. The average Bonchev–Trinajstić information content (AvgIpc) is 2.24. The summed E-state index contributed by atoms with van der Waals surface area (Å²) in [5, 5.41) is 9.67. The minimum Gasteiger partial charge on any atom is -0.496 e. The zero-order chi connectivity index (χ0) is 13.0. The number of carbonyl (C=O) groups is 1. The number of methoxy groups -OCH3 is 2. The van der Waals surface area contributed by atoms with Gasteiger partial charge in [0.25, 0.3) is 0 Å². The maximum Gasteiger partial charge on any atom is 0.313 e. The van der Waals surface area contributed by atoms with Gasteiger partial charge < -0.3 is 14.6 Å². The first-order valence-electron chi connectivity index (χ1n) is 5.07. The Labute approximate surface area is 105 Å². The molecule has 0 saturated carbocycles. The van der Waals surface area contributed by atoms with E-state index in [9.17, 15) is 9.90 Å². The molecule has 0 heterocycles. The van der Waals surface area contributed by atoms with Gasteiger partial charge in [0, 0.05) is 17.7 Å². The lowest BCUT2D eigenvalue weighted by Crippen LogP contribution is -2.18. The molecule has 1 N–H and O–H groups in total. The first-order valence-corrected chi connectivity index (χ1v) is 5.44. The molecule has 94 valence electrons. The summed E-state index contributed by atoms with van der Waals surface area (Å²) in [6.45, 7) is 1.89. The number of rotatable bonds is 5. The van der Waals surface area contributed by atoms with Crippen LogP contribution in [0.5, 0.6) is 5.75 Å². The quantitative estimate of drug-likeness (QED) is 0.882. The van der Waals surface area contributed by atoms with Gasteiger partial charge in [-0.2, -0.15) is 0 Å². The van der Waals surface area contributed by atoms with Crippen molar-refractivity contribution in [1.29, 1.82) is 0 Å². The van der Waals surface area contributed by atoms with Crippen molar-refractivity contribution in [2.45, 2.75) is 12.8 Å². The van der Waals surface area contributed by atoms with Crippen molar-refractivity contribution >= 4 is 17.6 Å². The molecule has 0 aromatic heterocycles. The van der Waals surface area contributed by atoms with E-state index in [0.717, 1.165) is 5.56 Å². The second-order valence-electron chi connectivity index (χ2n) is 3.69. The second kappa shape index (κ2) is 5.89. The van der Waals surface area contributed by atoms with Crippen LogP contribution in [0.25, 0.3) is 0 Å². The summed E-state index contributed by atoms with van der Waals surface area (Å²) in [6.07, 6.45) is 0. The summed E-state index contributed by atoms with van der Waals surface area (Å²) >= 11 is 5.94. The maximum absolute atomic E-state index is 11.2. The zero-order valence-corrected chi connectivity index (χ0v) is 10.7. The third-order valence-corrected chi connectivity index (χ3v) is 2.70. The highest BCUT2D eigenvalue weighted by Crippen LogP contribution is 2.33. The first kappa shape index (κ1) is 13.8. The van der Waals surface area contributed by atoms with Gasteiger partial charge in [-0.25, -0.2) is 0 Å². The van der Waals surface area contributed by atoms with Gasteiger partial charge in [-0.15, -0.1) is 0 Å². The van der Waals surface area contributed by atoms with E-state index in [2.05, 4.69) is 0 Å². The van der Waals surface area contributed by atoms with Crippen LogP contribution in [0.2, 0.25) is 5.02 Å². The van der Waals surface area contributed by atoms with Crippen LogP contribution in [0.15, 0.2) is 12.1 Å². The van der Waals surface area contributed by atoms with Crippen LogP contribution in [0.4, 0.5) is 0 Å². The van der Waals surface area contributed by atoms with Crippen LogP contribution < -0.4 is 4.74 Å². The molecule has 0 aliphatic heterocycles. The fourth-order valence-electron chi connectivity index (χ4n) is 1.75. The summed E-state index contributed by atoms with van der Waals surface area (Å²) in [5.41, 5.74) is 1.34. The third kappa shape index (κ3) is 3.11. The Bertz CT molecular complexity index is 417. The Hall–Kier alpha value is -1.26. The van der Waals surface area contributed by atoms with Crippen molar-refractivity contribution in [3.8, 4) is 5.75 Å².